The monoisotopic (exact) mass is 428 g/mol. The van der Waals surface area contributed by atoms with Crippen molar-refractivity contribution < 1.29 is 22.8 Å². The SMILES string of the molecule is CCCCCCCCc1cccc(NS(=O)(=O)N[C@@H](CC(=O)O)C[N+](C)(C)C)c1. The van der Waals surface area contributed by atoms with Gasteiger partial charge in [0.2, 0.25) is 0 Å². The molecule has 29 heavy (non-hydrogen) atoms. The molecular formula is C21H38N3O4S+. The molecular weight excluding hydrogens is 390 g/mol. The summed E-state index contributed by atoms with van der Waals surface area (Å²) in [7, 11) is 1.80. The van der Waals surface area contributed by atoms with Crippen molar-refractivity contribution in [2.75, 3.05) is 32.4 Å². The number of unbranched alkanes of at least 4 members (excludes halogenated alkanes) is 5. The van der Waals surface area contributed by atoms with Crippen LogP contribution in [-0.2, 0) is 21.4 Å². The summed E-state index contributed by atoms with van der Waals surface area (Å²) in [5.74, 6) is -1.04. The number of carboxylic acid groups (broad SMARTS) is 1. The summed E-state index contributed by atoms with van der Waals surface area (Å²) in [4.78, 5) is 11.1. The average Bonchev–Trinajstić information content (AvgIpc) is 2.55. The minimum Gasteiger partial charge on any atom is -0.481 e. The van der Waals surface area contributed by atoms with Gasteiger partial charge in [0.1, 0.15) is 0 Å². The van der Waals surface area contributed by atoms with E-state index in [9.17, 15) is 13.2 Å². The van der Waals surface area contributed by atoms with Gasteiger partial charge >= 0.3 is 5.97 Å². The minimum atomic E-state index is -3.88. The molecule has 0 saturated heterocycles. The third kappa shape index (κ3) is 12.5. The zero-order valence-electron chi connectivity index (χ0n) is 18.3. The number of hydrogen-bond acceptors (Lipinski definition) is 3. The Bertz CT molecular complexity index is 730. The highest BCUT2D eigenvalue weighted by Crippen LogP contribution is 2.16. The van der Waals surface area contributed by atoms with Crippen LogP contribution >= 0.6 is 0 Å². The predicted molar refractivity (Wildman–Crippen MR) is 118 cm³/mol. The Morgan fingerprint density at radius 2 is 1.76 bits per heavy atom. The maximum atomic E-state index is 12.5. The van der Waals surface area contributed by atoms with E-state index in [1.807, 2.05) is 39.3 Å². The van der Waals surface area contributed by atoms with Gasteiger partial charge in [-0.25, -0.2) is 0 Å². The summed E-state index contributed by atoms with van der Waals surface area (Å²) < 4.78 is 30.5. The second-order valence-corrected chi connectivity index (χ2v) is 10.2. The number of nitrogens with zero attached hydrogens (tertiary/aromatic N) is 1. The number of rotatable bonds is 15. The van der Waals surface area contributed by atoms with Crippen molar-refractivity contribution >= 4 is 21.9 Å². The Kier molecular flexibility index (Phi) is 10.6. The quantitative estimate of drug-likeness (QED) is 0.295. The fraction of sp³-hybridized carbons (Fsp3) is 0.667. The molecule has 1 rings (SSSR count). The van der Waals surface area contributed by atoms with Crippen LogP contribution in [0.15, 0.2) is 24.3 Å². The third-order valence-corrected chi connectivity index (χ3v) is 5.66. The normalized spacial score (nSPS) is 13.2. The molecule has 7 nitrogen and oxygen atoms in total. The predicted octanol–water partition coefficient (Wildman–Crippen LogP) is 3.39. The van der Waals surface area contributed by atoms with Gasteiger partial charge in [0.25, 0.3) is 10.2 Å². The van der Waals surface area contributed by atoms with Gasteiger partial charge in [-0.3, -0.25) is 9.52 Å². The summed E-state index contributed by atoms with van der Waals surface area (Å²) >= 11 is 0. The molecule has 1 atom stereocenters. The molecule has 1 aromatic rings. The van der Waals surface area contributed by atoms with Crippen molar-refractivity contribution in [2.45, 2.75) is 64.3 Å². The lowest BCUT2D eigenvalue weighted by Crippen LogP contribution is -2.50. The van der Waals surface area contributed by atoms with Crippen LogP contribution < -0.4 is 9.44 Å². The Balaban J connectivity index is 2.66. The van der Waals surface area contributed by atoms with Crippen LogP contribution in [0.25, 0.3) is 0 Å². The number of benzene rings is 1. The number of carbonyl (C=O) groups is 1. The van der Waals surface area contributed by atoms with Crippen molar-refractivity contribution in [2.24, 2.45) is 0 Å². The molecule has 166 valence electrons. The molecule has 0 bridgehead atoms. The molecule has 0 radical (unpaired) electrons. The first-order chi connectivity index (χ1) is 13.5. The van der Waals surface area contributed by atoms with Gasteiger partial charge < -0.3 is 9.59 Å². The highest BCUT2D eigenvalue weighted by atomic mass is 32.2. The van der Waals surface area contributed by atoms with E-state index >= 15 is 0 Å². The van der Waals surface area contributed by atoms with Crippen molar-refractivity contribution in [3.8, 4) is 0 Å². The van der Waals surface area contributed by atoms with Crippen LogP contribution in [0, 0.1) is 0 Å². The van der Waals surface area contributed by atoms with E-state index in [1.54, 1.807) is 6.07 Å². The molecule has 0 fully saturated rings. The fourth-order valence-electron chi connectivity index (χ4n) is 3.32. The molecule has 0 heterocycles. The largest absolute Gasteiger partial charge is 0.481 e. The summed E-state index contributed by atoms with van der Waals surface area (Å²) in [6, 6.07) is 6.69. The van der Waals surface area contributed by atoms with E-state index < -0.39 is 22.2 Å². The number of anilines is 1. The molecule has 0 aliphatic heterocycles. The van der Waals surface area contributed by atoms with Crippen LogP contribution in [0.3, 0.4) is 0 Å². The Morgan fingerprint density at radius 1 is 1.10 bits per heavy atom. The Hall–Kier alpha value is -1.64. The van der Waals surface area contributed by atoms with Gasteiger partial charge in [-0.2, -0.15) is 13.1 Å². The standard InChI is InChI=1S/C21H37N3O4S/c1-5-6-7-8-9-10-12-18-13-11-14-19(15-18)22-29(27,28)23-20(16-21(25)26)17-24(2,3)4/h11,13-15,20,22-23H,5-10,12,16-17H2,1-4H3/p+1/t20-/m0/s1. The van der Waals surface area contributed by atoms with Crippen LogP contribution in [0.2, 0.25) is 0 Å². The first-order valence-corrected chi connectivity index (χ1v) is 11.9. The maximum Gasteiger partial charge on any atom is 0.305 e. The van der Waals surface area contributed by atoms with E-state index in [4.69, 9.17) is 5.11 Å². The lowest BCUT2D eigenvalue weighted by molar-refractivity contribution is -0.871. The molecule has 0 spiro atoms. The topological polar surface area (TPSA) is 95.5 Å². The van der Waals surface area contributed by atoms with Gasteiger partial charge in [-0.05, 0) is 30.5 Å². The second-order valence-electron chi connectivity index (χ2n) is 8.71. The molecule has 1 aromatic carbocycles. The Morgan fingerprint density at radius 3 is 2.38 bits per heavy atom. The number of quaternary nitrogens is 1. The molecule has 3 N–H and O–H groups in total. The lowest BCUT2D eigenvalue weighted by Gasteiger charge is -2.29. The van der Waals surface area contributed by atoms with E-state index in [2.05, 4.69) is 16.4 Å². The van der Waals surface area contributed by atoms with Gasteiger partial charge in [-0.15, -0.1) is 0 Å². The zero-order valence-corrected chi connectivity index (χ0v) is 19.1. The molecule has 0 saturated carbocycles. The molecule has 0 amide bonds. The van der Waals surface area contributed by atoms with Crippen LogP contribution in [0.4, 0.5) is 5.69 Å². The summed E-state index contributed by atoms with van der Waals surface area (Å²) in [6.45, 7) is 2.57. The zero-order chi connectivity index (χ0) is 21.9. The van der Waals surface area contributed by atoms with E-state index in [0.29, 0.717) is 16.7 Å². The summed E-state index contributed by atoms with van der Waals surface area (Å²) in [6.07, 6.45) is 7.93. The van der Waals surface area contributed by atoms with Gasteiger partial charge in [0.05, 0.1) is 45.8 Å². The molecule has 0 aliphatic rings. The van der Waals surface area contributed by atoms with Crippen molar-refractivity contribution in [3.63, 3.8) is 0 Å². The number of carboxylic acids is 1. The van der Waals surface area contributed by atoms with Gasteiger partial charge in [0, 0.05) is 0 Å². The molecule has 0 aliphatic carbocycles. The highest BCUT2D eigenvalue weighted by Gasteiger charge is 2.25. The van der Waals surface area contributed by atoms with Crippen LogP contribution in [0.1, 0.15) is 57.4 Å². The van der Waals surface area contributed by atoms with Gasteiger partial charge in [-0.1, -0.05) is 51.2 Å². The first kappa shape index (κ1) is 25.4. The smallest absolute Gasteiger partial charge is 0.305 e. The number of likely N-dealkylation sites (N-methyl/N-ethyl adjacent to an activating group) is 1. The van der Waals surface area contributed by atoms with Gasteiger partial charge in [0.15, 0.2) is 0 Å². The van der Waals surface area contributed by atoms with Crippen LogP contribution in [-0.4, -0.2) is 57.7 Å². The van der Waals surface area contributed by atoms with E-state index in [-0.39, 0.29) is 6.42 Å². The van der Waals surface area contributed by atoms with Crippen molar-refractivity contribution in [1.29, 1.82) is 0 Å². The summed E-state index contributed by atoms with van der Waals surface area (Å²) in [5.41, 5.74) is 1.58. The molecule has 0 unspecified atom stereocenters. The van der Waals surface area contributed by atoms with Crippen LogP contribution in [0.5, 0.6) is 0 Å². The van der Waals surface area contributed by atoms with E-state index in [0.717, 1.165) is 18.4 Å². The highest BCUT2D eigenvalue weighted by molar-refractivity contribution is 7.90. The van der Waals surface area contributed by atoms with Crippen molar-refractivity contribution in [3.05, 3.63) is 29.8 Å². The fourth-order valence-corrected chi connectivity index (χ4v) is 4.41. The third-order valence-electron chi connectivity index (χ3n) is 4.51. The second kappa shape index (κ2) is 12.1. The number of nitrogens with one attached hydrogen (secondary N) is 2. The minimum absolute atomic E-state index is 0.269. The molecule has 8 heteroatoms. The Labute approximate surface area is 176 Å². The molecule has 0 aromatic heterocycles. The lowest BCUT2D eigenvalue weighted by atomic mass is 10.0. The average molecular weight is 429 g/mol. The summed E-state index contributed by atoms with van der Waals surface area (Å²) in [5, 5.41) is 9.09. The number of aliphatic carboxylic acids is 1. The maximum absolute atomic E-state index is 12.5. The number of aryl methyl sites for hydroxylation is 1. The van der Waals surface area contributed by atoms with Crippen molar-refractivity contribution in [1.82, 2.24) is 4.72 Å². The first-order valence-electron chi connectivity index (χ1n) is 10.4. The van der Waals surface area contributed by atoms with E-state index in [1.165, 1.54) is 32.1 Å². The number of hydrogen-bond donors (Lipinski definition) is 3.